The maximum absolute atomic E-state index is 7.79. The molecular weight excluding hydrogens is 118 g/mol. The Morgan fingerprint density at radius 3 is 2.11 bits per heavy atom. The summed E-state index contributed by atoms with van der Waals surface area (Å²) in [5.41, 5.74) is 5.30. The monoisotopic (exact) mass is 135 g/mol. The second-order valence-electron chi connectivity index (χ2n) is 1.46. The molecule has 0 saturated heterocycles. The van der Waals surface area contributed by atoms with Crippen LogP contribution in [0, 0.1) is 0 Å². The summed E-state index contributed by atoms with van der Waals surface area (Å²) in [5, 5.41) is 7.79. The molecule has 0 rings (SSSR count). The molecule has 3 N–H and O–H groups in total. The highest BCUT2D eigenvalue weighted by Crippen LogP contribution is 1.83. The Kier molecular flexibility index (Phi) is 14.0. The van der Waals surface area contributed by atoms with Crippen LogP contribution in [0.25, 0.3) is 0 Å². The third-order valence-corrected chi connectivity index (χ3v) is 0.813. The molecule has 0 radical (unpaired) electrons. The summed E-state index contributed by atoms with van der Waals surface area (Å²) in [5.74, 6) is 0. The Bertz CT molecular complexity index is 42.0. The fraction of sp³-hybridized carbons (Fsp3) is 1.00. The van der Waals surface area contributed by atoms with Gasteiger partial charge in [0.15, 0.2) is 0 Å². The van der Waals surface area contributed by atoms with E-state index in [-0.39, 0.29) is 12.6 Å². The number of rotatable bonds is 3. The molecule has 0 aromatic rings. The maximum Gasteiger partial charge on any atom is 0.0970 e. The number of nitrogens with two attached hydrogens (primary N) is 1. The van der Waals surface area contributed by atoms with E-state index in [2.05, 4.69) is 4.89 Å². The molecule has 58 valence electrons. The molecule has 0 aromatic carbocycles. The zero-order valence-electron chi connectivity index (χ0n) is 6.42. The summed E-state index contributed by atoms with van der Waals surface area (Å²) in [7, 11) is 0. The van der Waals surface area contributed by atoms with Gasteiger partial charge in [-0.1, -0.05) is 20.8 Å². The molecule has 0 heterocycles. The van der Waals surface area contributed by atoms with Gasteiger partial charge in [-0.05, 0) is 6.42 Å². The van der Waals surface area contributed by atoms with Gasteiger partial charge in [0.1, 0.15) is 0 Å². The van der Waals surface area contributed by atoms with Crippen molar-refractivity contribution in [2.24, 2.45) is 5.73 Å². The molecule has 1 unspecified atom stereocenters. The molecule has 1 atom stereocenters. The Morgan fingerprint density at radius 1 is 1.56 bits per heavy atom. The molecular formula is C6H17NO2. The van der Waals surface area contributed by atoms with Crippen LogP contribution >= 0.6 is 0 Å². The summed E-state index contributed by atoms with van der Waals surface area (Å²) < 4.78 is 0. The second-order valence-corrected chi connectivity index (χ2v) is 1.46. The first-order valence-corrected chi connectivity index (χ1v) is 3.33. The van der Waals surface area contributed by atoms with Crippen LogP contribution in [0.15, 0.2) is 0 Å². The largest absolute Gasteiger partial charge is 0.326 e. The Balaban J connectivity index is 0. The zero-order chi connectivity index (χ0) is 7.70. The van der Waals surface area contributed by atoms with E-state index in [1.165, 1.54) is 0 Å². The van der Waals surface area contributed by atoms with Gasteiger partial charge in [0.05, 0.1) is 6.61 Å². The molecule has 3 nitrogen and oxygen atoms in total. The molecule has 3 heteroatoms. The Labute approximate surface area is 56.7 Å². The summed E-state index contributed by atoms with van der Waals surface area (Å²) in [6.45, 7) is 6.17. The predicted octanol–water partition coefficient (Wildman–Crippen LogP) is 1.24. The van der Waals surface area contributed by atoms with Crippen molar-refractivity contribution < 1.29 is 10.1 Å². The lowest BCUT2D eigenvalue weighted by Gasteiger charge is -2.02. The molecule has 9 heavy (non-hydrogen) atoms. The van der Waals surface area contributed by atoms with E-state index in [1.807, 2.05) is 20.8 Å². The third-order valence-electron chi connectivity index (χ3n) is 0.813. The van der Waals surface area contributed by atoms with Crippen LogP contribution in [0.5, 0.6) is 0 Å². The van der Waals surface area contributed by atoms with E-state index in [1.54, 1.807) is 0 Å². The van der Waals surface area contributed by atoms with Crippen molar-refractivity contribution in [1.82, 2.24) is 0 Å². The van der Waals surface area contributed by atoms with Gasteiger partial charge in [-0.2, -0.15) is 0 Å². The fourth-order valence-electron chi connectivity index (χ4n) is 0.214. The van der Waals surface area contributed by atoms with Crippen molar-refractivity contribution in [2.45, 2.75) is 33.2 Å². The van der Waals surface area contributed by atoms with Crippen LogP contribution < -0.4 is 5.73 Å². The topological polar surface area (TPSA) is 55.5 Å². The first-order chi connectivity index (χ1) is 4.31. The van der Waals surface area contributed by atoms with Crippen molar-refractivity contribution in [3.8, 4) is 0 Å². The molecule has 0 bridgehead atoms. The van der Waals surface area contributed by atoms with Crippen LogP contribution in [-0.4, -0.2) is 17.9 Å². The van der Waals surface area contributed by atoms with E-state index in [4.69, 9.17) is 11.0 Å². The molecule has 0 aromatic heterocycles. The lowest BCUT2D eigenvalue weighted by atomic mass is 10.3. The SMILES string of the molecule is CC.CCC(N)COO. The second kappa shape index (κ2) is 10.8. The molecule has 0 aliphatic heterocycles. The minimum absolute atomic E-state index is 0.0231. The predicted molar refractivity (Wildman–Crippen MR) is 38.2 cm³/mol. The van der Waals surface area contributed by atoms with Crippen molar-refractivity contribution in [1.29, 1.82) is 0 Å². The van der Waals surface area contributed by atoms with E-state index in [9.17, 15) is 0 Å². The minimum Gasteiger partial charge on any atom is -0.326 e. The highest BCUT2D eigenvalue weighted by molar-refractivity contribution is 4.52. The van der Waals surface area contributed by atoms with Crippen molar-refractivity contribution in [3.05, 3.63) is 0 Å². The highest BCUT2D eigenvalue weighted by Gasteiger charge is 1.94. The van der Waals surface area contributed by atoms with Gasteiger partial charge in [-0.3, -0.25) is 5.26 Å². The normalized spacial score (nSPS) is 11.7. The minimum atomic E-state index is -0.0231. The summed E-state index contributed by atoms with van der Waals surface area (Å²) in [4.78, 5) is 3.77. The average Bonchev–Trinajstić information content (AvgIpc) is 1.93. The van der Waals surface area contributed by atoms with E-state index in [0.717, 1.165) is 6.42 Å². The Hall–Kier alpha value is -0.120. The fourth-order valence-corrected chi connectivity index (χ4v) is 0.214. The van der Waals surface area contributed by atoms with Crippen LogP contribution in [0.4, 0.5) is 0 Å². The Morgan fingerprint density at radius 2 is 2.00 bits per heavy atom. The summed E-state index contributed by atoms with van der Waals surface area (Å²) >= 11 is 0. The van der Waals surface area contributed by atoms with Gasteiger partial charge in [0, 0.05) is 6.04 Å². The van der Waals surface area contributed by atoms with E-state index < -0.39 is 0 Å². The van der Waals surface area contributed by atoms with Crippen LogP contribution in [0.2, 0.25) is 0 Å². The average molecular weight is 135 g/mol. The van der Waals surface area contributed by atoms with Crippen LogP contribution in [-0.2, 0) is 4.89 Å². The molecule has 0 aliphatic carbocycles. The first kappa shape index (κ1) is 11.6. The lowest BCUT2D eigenvalue weighted by molar-refractivity contribution is -0.245. The highest BCUT2D eigenvalue weighted by atomic mass is 17.1. The zero-order valence-corrected chi connectivity index (χ0v) is 6.42. The van der Waals surface area contributed by atoms with Gasteiger partial charge in [-0.25, -0.2) is 4.89 Å². The van der Waals surface area contributed by atoms with E-state index in [0.29, 0.717) is 0 Å². The van der Waals surface area contributed by atoms with Gasteiger partial charge < -0.3 is 5.73 Å². The summed E-state index contributed by atoms with van der Waals surface area (Å²) in [6, 6.07) is -0.0231. The molecule has 0 amide bonds. The first-order valence-electron chi connectivity index (χ1n) is 3.33. The van der Waals surface area contributed by atoms with Gasteiger partial charge in [-0.15, -0.1) is 0 Å². The van der Waals surface area contributed by atoms with Gasteiger partial charge >= 0.3 is 0 Å². The summed E-state index contributed by atoms with van der Waals surface area (Å²) in [6.07, 6.45) is 0.834. The molecule has 0 aliphatic rings. The van der Waals surface area contributed by atoms with Gasteiger partial charge in [0.2, 0.25) is 0 Å². The van der Waals surface area contributed by atoms with Crippen molar-refractivity contribution in [3.63, 3.8) is 0 Å². The molecule has 0 spiro atoms. The third kappa shape index (κ3) is 11.4. The number of hydrogen-bond donors (Lipinski definition) is 2. The van der Waals surface area contributed by atoms with Crippen molar-refractivity contribution in [2.75, 3.05) is 6.61 Å². The number of hydrogen-bond acceptors (Lipinski definition) is 3. The lowest BCUT2D eigenvalue weighted by Crippen LogP contribution is -2.24. The molecule has 0 fully saturated rings. The van der Waals surface area contributed by atoms with Crippen LogP contribution in [0.3, 0.4) is 0 Å². The quantitative estimate of drug-likeness (QED) is 0.452. The smallest absolute Gasteiger partial charge is 0.0970 e. The van der Waals surface area contributed by atoms with Crippen LogP contribution in [0.1, 0.15) is 27.2 Å². The standard InChI is InChI=1S/C4H11NO2.C2H6/c1-2-4(5)3-7-6;1-2/h4,6H,2-3,5H2,1H3;1-2H3. The molecule has 0 saturated carbocycles. The maximum atomic E-state index is 7.79. The van der Waals surface area contributed by atoms with Gasteiger partial charge in [0.25, 0.3) is 0 Å². The van der Waals surface area contributed by atoms with Crippen molar-refractivity contribution >= 4 is 0 Å². The van der Waals surface area contributed by atoms with E-state index >= 15 is 0 Å².